The molecule has 2 atom stereocenters. The SMILES string of the molecule is CC(C)Oc1ccc(C(=O)N2CCC3(CC2)NCC(C)n2c(C(=O)C(F)(F)F)ccc23)cc1Cl.CC(C)Oc1ccc(C(=O)N2CCC3(CC2)c2ccc(C(=O)C(F)(F)F)n2C(C)CN3C)cc1Cl.CN1CCn2c(Cl)ccc2C12CCN(C(=O)c1ccc(OC(F)(F)F)cc1)CC2.[HH]. The van der Waals surface area contributed by atoms with Crippen LogP contribution in [0, 0.1) is 0 Å². The maximum Gasteiger partial charge on any atom is 0.573 e. The third-order valence-corrected chi connectivity index (χ3v) is 20.5. The number of carbonyl (C=O) groups is 5. The Kier molecular flexibility index (Phi) is 21.3. The highest BCUT2D eigenvalue weighted by Crippen LogP contribution is 2.47. The van der Waals surface area contributed by atoms with E-state index in [9.17, 15) is 63.5 Å². The number of amides is 3. The standard InChI is InChI=1S/C25H29ClF3N3O3.C24H27ClF3N3O3.C20H21ClF3N3O2.H2/c1-15(2)35-20-7-5-17(13-18(20)26)23(34)31-11-9-24(10-12-31)21-8-6-19(22(33)25(27,28)29)32(21)16(3)14-30(24)4;1-14(2)34-19-6-4-16(12-17(19)25)22(33)30-10-8-23(9-11-30)20-7-5-18(21(32)24(26,27)28)31(20)15(3)13-29-23;1-25-12-13-27-16(6-7-17(27)21)19(25)8-10-26(11-9-19)18(28)14-2-4-15(5-3-14)29-20(22,23)24;/h5-8,13,15-16H,9-12,14H2,1-4H3;4-7,12,14-15,29H,8-11,13H2,1-3H3;2-7H,8-13H2,1H3;1H. The topological polar surface area (TPSA) is 156 Å². The first-order valence-corrected chi connectivity index (χ1v) is 33.5. The van der Waals surface area contributed by atoms with E-state index in [1.807, 2.05) is 47.7 Å². The van der Waals surface area contributed by atoms with Gasteiger partial charge in [-0.1, -0.05) is 34.8 Å². The lowest BCUT2D eigenvalue weighted by Crippen LogP contribution is -2.57. The Morgan fingerprint density at radius 2 is 0.929 bits per heavy atom. The average molecular weight is 1440 g/mol. The lowest BCUT2D eigenvalue weighted by molar-refractivity contribution is -0.274. The molecule has 6 aliphatic heterocycles. The smallest absolute Gasteiger partial charge is 0.489 e. The summed E-state index contributed by atoms with van der Waals surface area (Å²) in [6.07, 6.45) is -11.1. The Labute approximate surface area is 578 Å². The van der Waals surface area contributed by atoms with Gasteiger partial charge in [-0.05, 0) is 191 Å². The number of fused-ring (bicyclic) bond motifs is 6. The van der Waals surface area contributed by atoms with E-state index < -0.39 is 41.4 Å². The zero-order chi connectivity index (χ0) is 71.4. The molecular weight excluding hydrogens is 1360 g/mol. The number of carbonyl (C=O) groups excluding carboxylic acids is 5. The highest BCUT2D eigenvalue weighted by molar-refractivity contribution is 6.33. The number of alkyl halides is 9. The van der Waals surface area contributed by atoms with E-state index in [2.05, 4.69) is 37.5 Å². The van der Waals surface area contributed by atoms with E-state index in [4.69, 9.17) is 44.3 Å². The van der Waals surface area contributed by atoms with Crippen LogP contribution in [0.25, 0.3) is 0 Å². The van der Waals surface area contributed by atoms with Gasteiger partial charge in [-0.2, -0.15) is 26.3 Å². The molecule has 3 saturated heterocycles. The minimum atomic E-state index is -4.93. The number of ether oxygens (including phenoxy) is 3. The number of likely N-dealkylation sites (tertiary alicyclic amines) is 3. The molecular formula is C69H79Cl3F9N9O8. The summed E-state index contributed by atoms with van der Waals surface area (Å²) in [4.78, 5) is 72.8. The first-order valence-electron chi connectivity index (χ1n) is 32.3. The van der Waals surface area contributed by atoms with E-state index in [-0.39, 0.29) is 66.1 Å². The molecule has 532 valence electrons. The van der Waals surface area contributed by atoms with Gasteiger partial charge in [0.05, 0.1) is 50.3 Å². The number of likely N-dealkylation sites (N-methyl/N-ethyl adjacent to an activating group) is 2. The van der Waals surface area contributed by atoms with E-state index in [1.54, 1.807) is 74.7 Å². The minimum absolute atomic E-state index is 0. The molecule has 0 aliphatic carbocycles. The van der Waals surface area contributed by atoms with Crippen molar-refractivity contribution in [3.8, 4) is 17.2 Å². The van der Waals surface area contributed by atoms with Crippen LogP contribution in [0.3, 0.4) is 0 Å². The van der Waals surface area contributed by atoms with Gasteiger partial charge in [0, 0.05) is 113 Å². The Balaban J connectivity index is 0.000000173. The summed E-state index contributed by atoms with van der Waals surface area (Å²) in [5, 5.41) is 4.92. The Bertz CT molecular complexity index is 3940. The number of Topliss-reactive ketones (excluding diaryl/α,β-unsaturated/α-hetero) is 2. The van der Waals surface area contributed by atoms with Gasteiger partial charge in [-0.15, -0.1) is 13.2 Å². The lowest BCUT2D eigenvalue weighted by atomic mass is 9.80. The second-order valence-electron chi connectivity index (χ2n) is 26.4. The van der Waals surface area contributed by atoms with Crippen molar-refractivity contribution in [1.29, 1.82) is 0 Å². The van der Waals surface area contributed by atoms with Crippen molar-refractivity contribution in [2.75, 3.05) is 73.0 Å². The van der Waals surface area contributed by atoms with Crippen LogP contribution >= 0.6 is 34.8 Å². The van der Waals surface area contributed by atoms with Crippen LogP contribution in [0.15, 0.2) is 97.1 Å². The number of ketones is 2. The summed E-state index contributed by atoms with van der Waals surface area (Å²) in [5.41, 5.74) is 1.79. The normalized spacial score (nSPS) is 19.8. The molecule has 6 aromatic rings. The molecule has 3 aromatic heterocycles. The number of hydrogen-bond donors (Lipinski definition) is 1. The minimum Gasteiger partial charge on any atom is -0.489 e. The van der Waals surface area contributed by atoms with Crippen molar-refractivity contribution in [3.05, 3.63) is 157 Å². The van der Waals surface area contributed by atoms with Gasteiger partial charge < -0.3 is 47.9 Å². The molecule has 3 fully saturated rings. The predicted octanol–water partition coefficient (Wildman–Crippen LogP) is 14.6. The van der Waals surface area contributed by atoms with Crippen molar-refractivity contribution in [3.63, 3.8) is 0 Å². The van der Waals surface area contributed by atoms with Crippen molar-refractivity contribution >= 4 is 64.1 Å². The molecule has 3 aromatic carbocycles. The number of hydrogen-bond acceptors (Lipinski definition) is 11. The number of nitrogens with one attached hydrogen (secondary N) is 1. The molecule has 9 heterocycles. The summed E-state index contributed by atoms with van der Waals surface area (Å²) in [6, 6.07) is 24.1. The number of rotatable bonds is 10. The average Bonchev–Trinajstić information content (AvgIpc) is 1.67. The van der Waals surface area contributed by atoms with Crippen molar-refractivity contribution in [1.82, 2.24) is 43.5 Å². The molecule has 0 bridgehead atoms. The van der Waals surface area contributed by atoms with Crippen LogP contribution in [0.2, 0.25) is 15.2 Å². The summed E-state index contributed by atoms with van der Waals surface area (Å²) >= 11 is 18.9. The number of halogens is 12. The molecule has 17 nitrogen and oxygen atoms in total. The summed E-state index contributed by atoms with van der Waals surface area (Å²) in [7, 11) is 4.05. The van der Waals surface area contributed by atoms with Crippen LogP contribution in [-0.4, -0.2) is 171 Å². The quantitative estimate of drug-likeness (QED) is 0.103. The fraction of sp³-hybridized carbons (Fsp3) is 0.493. The number of nitrogens with zero attached hydrogens (tertiary/aromatic N) is 8. The molecule has 12 rings (SSSR count). The second-order valence-corrected chi connectivity index (χ2v) is 27.6. The Morgan fingerprint density at radius 3 is 1.38 bits per heavy atom. The molecule has 1 N–H and O–H groups in total. The van der Waals surface area contributed by atoms with Crippen molar-refractivity contribution in [2.45, 2.75) is 146 Å². The molecule has 2 unspecified atom stereocenters. The molecule has 3 amide bonds. The summed E-state index contributed by atoms with van der Waals surface area (Å²) in [6.45, 7) is 16.6. The molecule has 0 saturated carbocycles. The van der Waals surface area contributed by atoms with Crippen LogP contribution in [-0.2, 0) is 23.2 Å². The largest absolute Gasteiger partial charge is 0.573 e. The van der Waals surface area contributed by atoms with Gasteiger partial charge in [0.15, 0.2) is 0 Å². The molecule has 6 aliphatic rings. The first kappa shape index (κ1) is 73.5. The van der Waals surface area contributed by atoms with Crippen LogP contribution in [0.4, 0.5) is 39.5 Å². The zero-order valence-electron chi connectivity index (χ0n) is 55.2. The third kappa shape index (κ3) is 15.0. The fourth-order valence-corrected chi connectivity index (χ4v) is 15.3. The van der Waals surface area contributed by atoms with Gasteiger partial charge in [0.2, 0.25) is 0 Å². The van der Waals surface area contributed by atoms with Crippen LogP contribution < -0.4 is 19.5 Å². The molecule has 0 radical (unpaired) electrons. The zero-order valence-corrected chi connectivity index (χ0v) is 57.5. The lowest BCUT2D eigenvalue weighted by Gasteiger charge is -2.52. The van der Waals surface area contributed by atoms with Crippen LogP contribution in [0.5, 0.6) is 17.2 Å². The highest BCUT2D eigenvalue weighted by atomic mass is 35.5. The number of piperidine rings is 3. The summed E-state index contributed by atoms with van der Waals surface area (Å²) in [5.74, 6) is -3.50. The van der Waals surface area contributed by atoms with Gasteiger partial charge in [-0.3, -0.25) is 33.8 Å². The maximum atomic E-state index is 13.2. The monoisotopic (exact) mass is 1440 g/mol. The third-order valence-electron chi connectivity index (χ3n) is 19.5. The second kappa shape index (κ2) is 28.4. The van der Waals surface area contributed by atoms with E-state index in [0.29, 0.717) is 128 Å². The predicted molar refractivity (Wildman–Crippen MR) is 352 cm³/mol. The Hall–Kier alpha value is -7.23. The number of benzene rings is 3. The van der Waals surface area contributed by atoms with E-state index in [1.165, 1.54) is 34.5 Å². The van der Waals surface area contributed by atoms with Gasteiger partial charge >= 0.3 is 18.7 Å². The van der Waals surface area contributed by atoms with Crippen LogP contribution in [0.1, 0.15) is 163 Å². The van der Waals surface area contributed by atoms with Crippen molar-refractivity contribution < 1.29 is 79.1 Å². The van der Waals surface area contributed by atoms with Crippen molar-refractivity contribution in [2.24, 2.45) is 0 Å². The molecule has 98 heavy (non-hydrogen) atoms. The molecule has 29 heteroatoms. The number of aromatic nitrogens is 3. The molecule has 3 spiro atoms. The maximum absolute atomic E-state index is 13.2. The summed E-state index contributed by atoms with van der Waals surface area (Å²) < 4.78 is 136. The fourth-order valence-electron chi connectivity index (χ4n) is 14.7. The van der Waals surface area contributed by atoms with E-state index in [0.717, 1.165) is 43.2 Å². The first-order chi connectivity index (χ1) is 46.0. The highest BCUT2D eigenvalue weighted by Gasteiger charge is 2.51. The van der Waals surface area contributed by atoms with Gasteiger partial charge in [-0.25, -0.2) is 0 Å². The van der Waals surface area contributed by atoms with Gasteiger partial charge in [0.25, 0.3) is 29.3 Å². The van der Waals surface area contributed by atoms with Gasteiger partial charge in [0.1, 0.15) is 22.4 Å². The Morgan fingerprint density at radius 1 is 0.510 bits per heavy atom. The van der Waals surface area contributed by atoms with E-state index >= 15 is 0 Å².